The van der Waals surface area contributed by atoms with Crippen molar-refractivity contribution in [1.29, 1.82) is 0 Å². The molecular weight excluding hydrogens is 571 g/mol. The van der Waals surface area contributed by atoms with Crippen LogP contribution in [-0.4, -0.2) is 80.6 Å². The summed E-state index contributed by atoms with van der Waals surface area (Å²) in [7, 11) is 0. The van der Waals surface area contributed by atoms with Crippen molar-refractivity contribution < 1.29 is 28.9 Å². The second-order valence-corrected chi connectivity index (χ2v) is 12.3. The first-order chi connectivity index (χ1) is 20.9. The van der Waals surface area contributed by atoms with Crippen LogP contribution in [0, 0.1) is 11.7 Å². The first kappa shape index (κ1) is 29.3. The molecule has 9 nitrogen and oxygen atoms in total. The molecular formula is C32H33FN4O5S. The van der Waals surface area contributed by atoms with E-state index in [1.54, 1.807) is 29.3 Å². The van der Waals surface area contributed by atoms with Crippen molar-refractivity contribution in [3.8, 4) is 22.1 Å². The highest BCUT2D eigenvalue weighted by atomic mass is 32.1. The van der Waals surface area contributed by atoms with E-state index in [0.717, 1.165) is 39.2 Å². The van der Waals surface area contributed by atoms with Gasteiger partial charge in [-0.05, 0) is 54.2 Å². The van der Waals surface area contributed by atoms with Crippen LogP contribution in [0.2, 0.25) is 0 Å². The summed E-state index contributed by atoms with van der Waals surface area (Å²) in [6, 6.07) is 12.3. The fraction of sp³-hybridized carbons (Fsp3) is 0.375. The normalized spacial score (nSPS) is 16.4. The number of halogens is 1. The molecule has 224 valence electrons. The predicted octanol–water partition coefficient (Wildman–Crippen LogP) is 4.20. The SMILES string of the molecule is O=C(Cc1ccc(Oc2ccnc3cc(-c4ccc(CN5CCN(C(=O)[C@@H](O)CO)CC5)cn4)sc23)c(F)c1)CC1CC1. The number of aromatic nitrogens is 2. The lowest BCUT2D eigenvalue weighted by atomic mass is 10.0. The molecule has 1 atom stereocenters. The zero-order valence-electron chi connectivity index (χ0n) is 23.6. The van der Waals surface area contributed by atoms with Crippen LogP contribution in [0.5, 0.6) is 11.5 Å². The molecule has 4 aromatic rings. The minimum atomic E-state index is -1.36. The molecule has 3 aromatic heterocycles. The van der Waals surface area contributed by atoms with Gasteiger partial charge in [-0.25, -0.2) is 4.39 Å². The highest BCUT2D eigenvalue weighted by molar-refractivity contribution is 7.22. The first-order valence-corrected chi connectivity index (χ1v) is 15.3. The Labute approximate surface area is 252 Å². The molecule has 0 spiro atoms. The number of Topliss-reactive ketones (excluding diaryl/α,β-unsaturated/α-hetero) is 1. The number of pyridine rings is 2. The monoisotopic (exact) mass is 604 g/mol. The molecule has 1 saturated carbocycles. The van der Waals surface area contributed by atoms with Crippen molar-refractivity contribution in [1.82, 2.24) is 19.8 Å². The average Bonchev–Trinajstić information content (AvgIpc) is 3.72. The summed E-state index contributed by atoms with van der Waals surface area (Å²) >= 11 is 1.47. The minimum Gasteiger partial charge on any atom is -0.453 e. The number of rotatable bonds is 11. The zero-order chi connectivity index (χ0) is 29.9. The molecule has 1 aromatic carbocycles. The van der Waals surface area contributed by atoms with Gasteiger partial charge in [-0.15, -0.1) is 11.3 Å². The number of nitrogens with zero attached hydrogens (tertiary/aromatic N) is 4. The number of carbonyl (C=O) groups excluding carboxylic acids is 2. The van der Waals surface area contributed by atoms with E-state index in [0.29, 0.717) is 56.4 Å². The second-order valence-electron chi connectivity index (χ2n) is 11.2. The number of thiophene rings is 1. The number of piperazine rings is 1. The smallest absolute Gasteiger partial charge is 0.253 e. The molecule has 1 aliphatic heterocycles. The Morgan fingerprint density at radius 1 is 1.02 bits per heavy atom. The predicted molar refractivity (Wildman–Crippen MR) is 160 cm³/mol. The maximum absolute atomic E-state index is 14.9. The summed E-state index contributed by atoms with van der Waals surface area (Å²) in [4.78, 5) is 38.1. The number of hydrogen-bond donors (Lipinski definition) is 2. The number of amides is 1. The Balaban J connectivity index is 1.09. The van der Waals surface area contributed by atoms with Gasteiger partial charge in [-0.1, -0.05) is 12.1 Å². The number of ketones is 1. The van der Waals surface area contributed by atoms with E-state index >= 15 is 0 Å². The standard InChI is InChI=1S/C32H33FN4O5S/c33-24-15-21(14-23(39)13-20-1-2-20)4-6-28(24)42-29-7-8-34-26-16-30(43-31(26)29)25-5-3-22(17-35-25)18-36-9-11-37(12-10-36)32(41)27(40)19-38/h3-8,15-17,20,27,38,40H,1-2,9-14,18-19H2/t27-/m0/s1. The fourth-order valence-corrected chi connectivity index (χ4v) is 6.30. The third kappa shape index (κ3) is 7.07. The van der Waals surface area contributed by atoms with Gasteiger partial charge in [0.2, 0.25) is 0 Å². The van der Waals surface area contributed by atoms with Gasteiger partial charge < -0.3 is 19.8 Å². The summed E-state index contributed by atoms with van der Waals surface area (Å²) in [5.41, 5.74) is 3.20. The van der Waals surface area contributed by atoms with E-state index in [1.165, 1.54) is 17.4 Å². The quantitative estimate of drug-likeness (QED) is 0.262. The fourth-order valence-electron chi connectivity index (χ4n) is 5.26. The molecule has 0 unspecified atom stereocenters. The highest BCUT2D eigenvalue weighted by Gasteiger charge is 2.26. The number of ether oxygens (including phenoxy) is 1. The van der Waals surface area contributed by atoms with Crippen LogP contribution in [0.4, 0.5) is 4.39 Å². The lowest BCUT2D eigenvalue weighted by Gasteiger charge is -2.35. The maximum atomic E-state index is 14.9. The number of carbonyl (C=O) groups is 2. The summed E-state index contributed by atoms with van der Waals surface area (Å²) < 4.78 is 21.7. The lowest BCUT2D eigenvalue weighted by Crippen LogP contribution is -2.51. The first-order valence-electron chi connectivity index (χ1n) is 14.5. The zero-order valence-corrected chi connectivity index (χ0v) is 24.4. The van der Waals surface area contributed by atoms with E-state index in [2.05, 4.69) is 14.9 Å². The van der Waals surface area contributed by atoms with Crippen molar-refractivity contribution in [2.24, 2.45) is 5.92 Å². The van der Waals surface area contributed by atoms with Crippen molar-refractivity contribution >= 4 is 33.2 Å². The van der Waals surface area contributed by atoms with Crippen LogP contribution < -0.4 is 4.74 Å². The van der Waals surface area contributed by atoms with E-state index in [4.69, 9.17) is 9.84 Å². The summed E-state index contributed by atoms with van der Waals surface area (Å²) in [6.45, 7) is 2.43. The van der Waals surface area contributed by atoms with Crippen molar-refractivity contribution in [2.45, 2.75) is 38.3 Å². The number of hydrogen-bond acceptors (Lipinski definition) is 9. The van der Waals surface area contributed by atoms with Crippen molar-refractivity contribution in [3.05, 3.63) is 71.8 Å². The molecule has 2 aliphatic rings. The Morgan fingerprint density at radius 3 is 2.51 bits per heavy atom. The van der Waals surface area contributed by atoms with Gasteiger partial charge in [0.25, 0.3) is 5.91 Å². The van der Waals surface area contributed by atoms with E-state index < -0.39 is 24.4 Å². The molecule has 1 amide bonds. The van der Waals surface area contributed by atoms with E-state index in [-0.39, 0.29) is 18.0 Å². The summed E-state index contributed by atoms with van der Waals surface area (Å²) in [5, 5.41) is 18.6. The van der Waals surface area contributed by atoms with E-state index in [9.17, 15) is 19.1 Å². The third-order valence-corrected chi connectivity index (χ3v) is 8.99. The molecule has 4 heterocycles. The number of fused-ring (bicyclic) bond motifs is 1. The summed E-state index contributed by atoms with van der Waals surface area (Å²) in [5.74, 6) is 0.309. The van der Waals surface area contributed by atoms with E-state index in [1.807, 2.05) is 24.4 Å². The Bertz CT molecular complexity index is 1620. The van der Waals surface area contributed by atoms with Gasteiger partial charge in [0.15, 0.2) is 17.7 Å². The van der Waals surface area contributed by atoms with Gasteiger partial charge in [0.1, 0.15) is 11.5 Å². The molecule has 6 rings (SSSR count). The summed E-state index contributed by atoms with van der Waals surface area (Å²) in [6.07, 6.45) is 5.15. The van der Waals surface area contributed by atoms with Crippen LogP contribution in [0.3, 0.4) is 0 Å². The van der Waals surface area contributed by atoms with Gasteiger partial charge in [-0.3, -0.25) is 24.5 Å². The average molecular weight is 605 g/mol. The largest absolute Gasteiger partial charge is 0.453 e. The van der Waals surface area contributed by atoms with Gasteiger partial charge in [-0.2, -0.15) is 0 Å². The third-order valence-electron chi connectivity index (χ3n) is 7.83. The minimum absolute atomic E-state index is 0.0955. The van der Waals surface area contributed by atoms with Crippen LogP contribution in [0.25, 0.3) is 20.8 Å². The van der Waals surface area contributed by atoms with Crippen LogP contribution in [-0.2, 0) is 22.6 Å². The van der Waals surface area contributed by atoms with Crippen LogP contribution in [0.15, 0.2) is 54.9 Å². The van der Waals surface area contributed by atoms with Crippen molar-refractivity contribution in [3.63, 3.8) is 0 Å². The molecule has 0 bridgehead atoms. The molecule has 43 heavy (non-hydrogen) atoms. The highest BCUT2D eigenvalue weighted by Crippen LogP contribution is 2.39. The molecule has 1 aliphatic carbocycles. The number of aliphatic hydroxyl groups excluding tert-OH is 2. The molecule has 2 fully saturated rings. The topological polar surface area (TPSA) is 116 Å². The Morgan fingerprint density at radius 2 is 1.81 bits per heavy atom. The maximum Gasteiger partial charge on any atom is 0.253 e. The van der Waals surface area contributed by atoms with Gasteiger partial charge in [0.05, 0.1) is 27.4 Å². The Kier molecular flexibility index (Phi) is 8.75. The van der Waals surface area contributed by atoms with Crippen LogP contribution >= 0.6 is 11.3 Å². The number of aliphatic hydroxyl groups is 2. The van der Waals surface area contributed by atoms with Gasteiger partial charge in [0, 0.05) is 64.0 Å². The van der Waals surface area contributed by atoms with Crippen LogP contribution in [0.1, 0.15) is 30.4 Å². The number of benzene rings is 1. The van der Waals surface area contributed by atoms with Gasteiger partial charge >= 0.3 is 0 Å². The molecule has 11 heteroatoms. The molecule has 1 saturated heterocycles. The lowest BCUT2D eigenvalue weighted by molar-refractivity contribution is -0.144. The molecule has 0 radical (unpaired) electrons. The molecule has 2 N–H and O–H groups in total. The second kappa shape index (κ2) is 12.8. The van der Waals surface area contributed by atoms with Crippen molar-refractivity contribution in [2.75, 3.05) is 32.8 Å². The Hall–Kier alpha value is -3.77.